The van der Waals surface area contributed by atoms with E-state index < -0.39 is 42.4 Å². The average molecular weight is 410 g/mol. The number of aromatic nitrogens is 4. The fraction of sp³-hybridized carbons (Fsp3) is 0.500. The van der Waals surface area contributed by atoms with Crippen LogP contribution in [-0.2, 0) is 33.3 Å². The van der Waals surface area contributed by atoms with Gasteiger partial charge in [0.1, 0.15) is 23.9 Å². The van der Waals surface area contributed by atoms with Gasteiger partial charge in [0.25, 0.3) is 0 Å². The topological polar surface area (TPSA) is 135 Å². The fourth-order valence-corrected chi connectivity index (χ4v) is 3.19. The molecule has 0 amide bonds. The molecular weight excluding hydrogens is 392 g/mol. The maximum atomic E-state index is 11.7. The molecule has 28 heavy (non-hydrogen) atoms. The molecule has 0 aromatic carbocycles. The van der Waals surface area contributed by atoms with E-state index in [9.17, 15) is 14.4 Å². The van der Waals surface area contributed by atoms with Crippen LogP contribution in [-0.4, -0.2) is 62.3 Å². The third kappa shape index (κ3) is 4.02. The second kappa shape index (κ2) is 8.02. The number of carbonyl (C=O) groups excluding carboxylic acids is 3. The fourth-order valence-electron chi connectivity index (χ4n) is 2.98. The molecule has 1 saturated heterocycles. The number of carbonyl (C=O) groups is 3. The number of hydrogen-bond donors (Lipinski definition) is 1. The number of nitrogens with zero attached hydrogens (tertiary/aromatic N) is 3. The van der Waals surface area contributed by atoms with Crippen LogP contribution in [0, 0.1) is 4.64 Å². The molecule has 0 aliphatic carbocycles. The van der Waals surface area contributed by atoms with Gasteiger partial charge >= 0.3 is 17.9 Å². The zero-order valence-electron chi connectivity index (χ0n) is 15.3. The zero-order chi connectivity index (χ0) is 20.4. The predicted molar refractivity (Wildman–Crippen MR) is 94.4 cm³/mol. The molecule has 1 fully saturated rings. The summed E-state index contributed by atoms with van der Waals surface area (Å²) in [6, 6.07) is 0. The molecular formula is C16H18N4O7S. The summed E-state index contributed by atoms with van der Waals surface area (Å²) >= 11 is 5.15. The molecule has 1 aliphatic rings. The first-order valence-electron chi connectivity index (χ1n) is 8.31. The molecule has 3 heterocycles. The van der Waals surface area contributed by atoms with Crippen molar-refractivity contribution in [2.75, 3.05) is 6.61 Å². The van der Waals surface area contributed by atoms with Crippen molar-refractivity contribution in [1.29, 1.82) is 0 Å². The normalized spacial score (nSPS) is 24.1. The van der Waals surface area contributed by atoms with Crippen LogP contribution in [0.25, 0.3) is 11.2 Å². The smallest absolute Gasteiger partial charge is 0.303 e. The molecule has 2 aromatic heterocycles. The van der Waals surface area contributed by atoms with Crippen molar-refractivity contribution in [3.05, 3.63) is 17.3 Å². The summed E-state index contributed by atoms with van der Waals surface area (Å²) in [5, 5.41) is 0. The van der Waals surface area contributed by atoms with E-state index in [1.165, 1.54) is 33.4 Å². The maximum Gasteiger partial charge on any atom is 0.303 e. The Morgan fingerprint density at radius 3 is 2.46 bits per heavy atom. The molecule has 1 aliphatic heterocycles. The van der Waals surface area contributed by atoms with Gasteiger partial charge in [0.05, 0.1) is 12.7 Å². The number of rotatable bonds is 5. The van der Waals surface area contributed by atoms with Gasteiger partial charge < -0.3 is 23.9 Å². The van der Waals surface area contributed by atoms with Gasteiger partial charge in [-0.05, 0) is 0 Å². The Morgan fingerprint density at radius 2 is 1.82 bits per heavy atom. The molecule has 0 radical (unpaired) electrons. The van der Waals surface area contributed by atoms with Crippen LogP contribution in [0.5, 0.6) is 0 Å². The van der Waals surface area contributed by atoms with Crippen LogP contribution in [0.2, 0.25) is 0 Å². The summed E-state index contributed by atoms with van der Waals surface area (Å²) in [5.41, 5.74) is 0.909. The minimum atomic E-state index is -1.01. The van der Waals surface area contributed by atoms with Gasteiger partial charge in [0.15, 0.2) is 23.1 Å². The van der Waals surface area contributed by atoms with Crippen molar-refractivity contribution < 1.29 is 33.3 Å². The number of imidazole rings is 1. The lowest BCUT2D eigenvalue weighted by Gasteiger charge is -2.23. The van der Waals surface area contributed by atoms with Crippen molar-refractivity contribution in [3.8, 4) is 0 Å². The van der Waals surface area contributed by atoms with E-state index in [4.69, 9.17) is 31.2 Å². The van der Waals surface area contributed by atoms with Crippen LogP contribution in [0.4, 0.5) is 0 Å². The standard InChI is InChI=1S/C16H18N4O7S/c1-7(21)24-4-10-12(25-8(2)22)13(26-9(3)23)16(27-10)20-6-19-11-14(20)17-5-18-15(11)28/h5-6,10,12-13,16H,4H2,1-3H3,(H,17,18,28)/t10-,12-,13-,16+/m0/s1. The van der Waals surface area contributed by atoms with Crippen LogP contribution in [0.3, 0.4) is 0 Å². The van der Waals surface area contributed by atoms with Crippen LogP contribution in [0.15, 0.2) is 12.7 Å². The van der Waals surface area contributed by atoms with E-state index in [0.29, 0.717) is 11.2 Å². The van der Waals surface area contributed by atoms with Crippen molar-refractivity contribution in [1.82, 2.24) is 19.5 Å². The van der Waals surface area contributed by atoms with E-state index in [1.54, 1.807) is 4.57 Å². The molecule has 150 valence electrons. The lowest BCUT2D eigenvalue weighted by molar-refractivity contribution is -0.166. The lowest BCUT2D eigenvalue weighted by Crippen LogP contribution is -2.40. The highest BCUT2D eigenvalue weighted by Gasteiger charge is 2.50. The van der Waals surface area contributed by atoms with Crippen LogP contribution < -0.4 is 0 Å². The summed E-state index contributed by atoms with van der Waals surface area (Å²) in [5.74, 6) is -1.72. The summed E-state index contributed by atoms with van der Waals surface area (Å²) < 4.78 is 23.5. The molecule has 2 aromatic rings. The van der Waals surface area contributed by atoms with Crippen molar-refractivity contribution in [2.24, 2.45) is 0 Å². The summed E-state index contributed by atoms with van der Waals surface area (Å²) in [6.07, 6.45) is -0.920. The van der Waals surface area contributed by atoms with Gasteiger partial charge in [-0.2, -0.15) is 0 Å². The molecule has 0 saturated carbocycles. The quantitative estimate of drug-likeness (QED) is 0.428. The minimum absolute atomic E-state index is 0.189. The molecule has 0 bridgehead atoms. The van der Waals surface area contributed by atoms with Gasteiger partial charge in [0.2, 0.25) is 0 Å². The van der Waals surface area contributed by atoms with E-state index >= 15 is 0 Å². The first-order valence-corrected chi connectivity index (χ1v) is 8.72. The third-order valence-electron chi connectivity index (χ3n) is 3.99. The van der Waals surface area contributed by atoms with E-state index in [-0.39, 0.29) is 11.2 Å². The highest BCUT2D eigenvalue weighted by Crippen LogP contribution is 2.35. The Bertz CT molecular complexity index is 971. The molecule has 4 atom stereocenters. The van der Waals surface area contributed by atoms with Crippen molar-refractivity contribution in [3.63, 3.8) is 0 Å². The van der Waals surface area contributed by atoms with Gasteiger partial charge in [0, 0.05) is 20.8 Å². The van der Waals surface area contributed by atoms with Gasteiger partial charge in [-0.25, -0.2) is 9.97 Å². The zero-order valence-corrected chi connectivity index (χ0v) is 16.1. The number of hydrogen-bond acceptors (Lipinski definition) is 10. The highest BCUT2D eigenvalue weighted by molar-refractivity contribution is 7.71. The molecule has 0 unspecified atom stereocenters. The first-order chi connectivity index (χ1) is 13.3. The number of aromatic amines is 1. The molecule has 3 rings (SSSR count). The van der Waals surface area contributed by atoms with Gasteiger partial charge in [-0.3, -0.25) is 19.0 Å². The average Bonchev–Trinajstić information content (AvgIpc) is 3.16. The second-order valence-electron chi connectivity index (χ2n) is 6.07. The number of nitrogens with one attached hydrogen (secondary N) is 1. The van der Waals surface area contributed by atoms with Crippen LogP contribution >= 0.6 is 12.2 Å². The lowest BCUT2D eigenvalue weighted by atomic mass is 10.1. The maximum absolute atomic E-state index is 11.7. The SMILES string of the molecule is CC(=O)OC[C@@H]1O[C@@H](n2cnc3c(=S)nc[nH]c32)[C@@H](OC(C)=O)[C@H]1OC(C)=O. The summed E-state index contributed by atoms with van der Waals surface area (Å²) in [4.78, 5) is 45.6. The monoisotopic (exact) mass is 410 g/mol. The van der Waals surface area contributed by atoms with E-state index in [2.05, 4.69) is 15.0 Å². The number of H-pyrrole nitrogens is 1. The Balaban J connectivity index is 2.02. The molecule has 12 heteroatoms. The largest absolute Gasteiger partial charge is 0.463 e. The Hall–Kier alpha value is -2.86. The Morgan fingerprint density at radius 1 is 1.14 bits per heavy atom. The highest BCUT2D eigenvalue weighted by atomic mass is 32.1. The van der Waals surface area contributed by atoms with Crippen LogP contribution in [0.1, 0.15) is 27.0 Å². The number of fused-ring (bicyclic) bond motifs is 1. The summed E-state index contributed by atoms with van der Waals surface area (Å²) in [7, 11) is 0. The Labute approximate surface area is 163 Å². The van der Waals surface area contributed by atoms with Gasteiger partial charge in [-0.15, -0.1) is 0 Å². The third-order valence-corrected chi connectivity index (χ3v) is 4.29. The molecule has 11 nitrogen and oxygen atoms in total. The van der Waals surface area contributed by atoms with E-state index in [0.717, 1.165) is 0 Å². The predicted octanol–water partition coefficient (Wildman–Crippen LogP) is 0.813. The minimum Gasteiger partial charge on any atom is -0.463 e. The van der Waals surface area contributed by atoms with Crippen molar-refractivity contribution in [2.45, 2.75) is 45.3 Å². The molecule has 0 spiro atoms. The van der Waals surface area contributed by atoms with Gasteiger partial charge in [-0.1, -0.05) is 12.2 Å². The number of ether oxygens (including phenoxy) is 4. The summed E-state index contributed by atoms with van der Waals surface area (Å²) in [6.45, 7) is 3.50. The first kappa shape index (κ1) is 19.9. The molecule has 1 N–H and O–H groups in total. The number of esters is 3. The van der Waals surface area contributed by atoms with Crippen molar-refractivity contribution >= 4 is 41.3 Å². The van der Waals surface area contributed by atoms with E-state index in [1.807, 2.05) is 0 Å². The Kier molecular flexibility index (Phi) is 5.70. The second-order valence-corrected chi connectivity index (χ2v) is 6.46.